The molecule has 3 amide bonds. The van der Waals surface area contributed by atoms with Crippen molar-refractivity contribution in [2.24, 2.45) is 5.41 Å². The van der Waals surface area contributed by atoms with Crippen molar-refractivity contribution < 1.29 is 9.59 Å². The Labute approximate surface area is 154 Å². The number of hydrogen-bond donors (Lipinski definition) is 2. The first kappa shape index (κ1) is 18.0. The number of carbonyl (C=O) groups is 2. The Kier molecular flexibility index (Phi) is 4.72. The molecule has 1 heterocycles. The van der Waals surface area contributed by atoms with Gasteiger partial charge in [-0.1, -0.05) is 44.5 Å². The molecule has 0 saturated heterocycles. The van der Waals surface area contributed by atoms with E-state index < -0.39 is 5.41 Å². The first-order valence-electron chi connectivity index (χ1n) is 8.83. The van der Waals surface area contributed by atoms with Crippen LogP contribution in [0.3, 0.4) is 0 Å². The zero-order valence-electron chi connectivity index (χ0n) is 15.7. The second-order valence-corrected chi connectivity index (χ2v) is 7.75. The average molecular weight is 351 g/mol. The summed E-state index contributed by atoms with van der Waals surface area (Å²) in [5.74, 6) is 0.0949. The minimum Gasteiger partial charge on any atom is -0.311 e. The Morgan fingerprint density at radius 3 is 2.23 bits per heavy atom. The lowest BCUT2D eigenvalue weighted by Crippen LogP contribution is -2.38. The summed E-state index contributed by atoms with van der Waals surface area (Å²) in [6.45, 7) is 8.45. The number of nitrogens with one attached hydrogen (secondary N) is 2. The van der Waals surface area contributed by atoms with Gasteiger partial charge in [-0.25, -0.2) is 4.79 Å². The molecule has 0 radical (unpaired) electrons. The third-order valence-corrected chi connectivity index (χ3v) is 4.43. The van der Waals surface area contributed by atoms with Crippen molar-refractivity contribution in [3.8, 4) is 0 Å². The number of urea groups is 1. The Morgan fingerprint density at radius 2 is 1.58 bits per heavy atom. The summed E-state index contributed by atoms with van der Waals surface area (Å²) >= 11 is 0. The van der Waals surface area contributed by atoms with Crippen molar-refractivity contribution in [3.63, 3.8) is 0 Å². The normalized spacial score (nSPS) is 13.3. The number of amides is 3. The Bertz CT molecular complexity index is 835. The highest BCUT2D eigenvalue weighted by atomic mass is 16.2. The van der Waals surface area contributed by atoms with Crippen LogP contribution in [0.1, 0.15) is 31.9 Å². The summed E-state index contributed by atoms with van der Waals surface area (Å²) in [5.41, 5.74) is 4.12. The highest BCUT2D eigenvalue weighted by Crippen LogP contribution is 2.34. The third-order valence-electron chi connectivity index (χ3n) is 4.43. The van der Waals surface area contributed by atoms with E-state index in [1.165, 1.54) is 0 Å². The maximum Gasteiger partial charge on any atom is 0.323 e. The number of carbonyl (C=O) groups excluding carboxylic acids is 2. The van der Waals surface area contributed by atoms with E-state index in [-0.39, 0.29) is 11.9 Å². The van der Waals surface area contributed by atoms with E-state index in [9.17, 15) is 9.59 Å². The highest BCUT2D eigenvalue weighted by Gasteiger charge is 2.32. The van der Waals surface area contributed by atoms with Crippen LogP contribution in [-0.4, -0.2) is 18.5 Å². The standard InChI is InChI=1S/C21H25N3O2/c1-14-5-8-16(9-6-14)22-20(26)23-17-10-7-15-11-12-24(18(15)13-17)19(25)21(2,3)4/h5-10,13H,11-12H2,1-4H3,(H2,22,23,26). The van der Waals surface area contributed by atoms with Gasteiger partial charge < -0.3 is 15.5 Å². The zero-order valence-corrected chi connectivity index (χ0v) is 15.7. The van der Waals surface area contributed by atoms with Gasteiger partial charge in [0.25, 0.3) is 0 Å². The lowest BCUT2D eigenvalue weighted by atomic mass is 9.94. The summed E-state index contributed by atoms with van der Waals surface area (Å²) in [5, 5.41) is 5.66. The molecule has 0 aromatic heterocycles. The fraction of sp³-hybridized carbons (Fsp3) is 0.333. The molecular weight excluding hydrogens is 326 g/mol. The van der Waals surface area contributed by atoms with Gasteiger partial charge in [0.1, 0.15) is 0 Å². The molecule has 2 N–H and O–H groups in total. The van der Waals surface area contributed by atoms with E-state index in [0.29, 0.717) is 12.2 Å². The van der Waals surface area contributed by atoms with E-state index >= 15 is 0 Å². The quantitative estimate of drug-likeness (QED) is 0.832. The molecule has 1 aliphatic heterocycles. The zero-order chi connectivity index (χ0) is 18.9. The maximum atomic E-state index is 12.7. The number of anilines is 3. The molecule has 0 fully saturated rings. The Balaban J connectivity index is 1.73. The van der Waals surface area contributed by atoms with E-state index in [4.69, 9.17) is 0 Å². The van der Waals surface area contributed by atoms with Crippen molar-refractivity contribution in [1.29, 1.82) is 0 Å². The summed E-state index contributed by atoms with van der Waals surface area (Å²) < 4.78 is 0. The van der Waals surface area contributed by atoms with E-state index in [0.717, 1.165) is 28.9 Å². The van der Waals surface area contributed by atoms with E-state index in [2.05, 4.69) is 10.6 Å². The molecule has 136 valence electrons. The van der Waals surface area contributed by atoms with Crippen molar-refractivity contribution in [2.75, 3.05) is 22.1 Å². The molecule has 0 atom stereocenters. The second-order valence-electron chi connectivity index (χ2n) is 7.75. The van der Waals surface area contributed by atoms with Gasteiger partial charge in [0.2, 0.25) is 5.91 Å². The van der Waals surface area contributed by atoms with Crippen LogP contribution >= 0.6 is 0 Å². The average Bonchev–Trinajstić information content (AvgIpc) is 2.98. The predicted molar refractivity (Wildman–Crippen MR) is 106 cm³/mol. The fourth-order valence-corrected chi connectivity index (χ4v) is 3.00. The Morgan fingerprint density at radius 1 is 0.962 bits per heavy atom. The van der Waals surface area contributed by atoms with Crippen molar-refractivity contribution in [3.05, 3.63) is 53.6 Å². The predicted octanol–water partition coefficient (Wildman–Crippen LogP) is 4.57. The lowest BCUT2D eigenvalue weighted by molar-refractivity contribution is -0.125. The first-order valence-corrected chi connectivity index (χ1v) is 8.83. The molecule has 5 heteroatoms. The highest BCUT2D eigenvalue weighted by molar-refractivity contribution is 6.02. The van der Waals surface area contributed by atoms with Gasteiger partial charge in [0.15, 0.2) is 0 Å². The second kappa shape index (κ2) is 6.83. The van der Waals surface area contributed by atoms with Gasteiger partial charge >= 0.3 is 6.03 Å². The number of nitrogens with zero attached hydrogens (tertiary/aromatic N) is 1. The van der Waals surface area contributed by atoms with Gasteiger partial charge in [-0.2, -0.15) is 0 Å². The smallest absolute Gasteiger partial charge is 0.311 e. The van der Waals surface area contributed by atoms with Crippen LogP contribution in [0.4, 0.5) is 21.9 Å². The van der Waals surface area contributed by atoms with Crippen LogP contribution in [-0.2, 0) is 11.2 Å². The molecule has 2 aromatic carbocycles. The lowest BCUT2D eigenvalue weighted by Gasteiger charge is -2.26. The van der Waals surface area contributed by atoms with Crippen LogP contribution in [0.15, 0.2) is 42.5 Å². The third kappa shape index (κ3) is 3.87. The first-order chi connectivity index (χ1) is 12.2. The van der Waals surface area contributed by atoms with Crippen molar-refractivity contribution in [1.82, 2.24) is 0 Å². The molecule has 0 saturated carbocycles. The topological polar surface area (TPSA) is 61.4 Å². The summed E-state index contributed by atoms with van der Waals surface area (Å²) in [6.07, 6.45) is 0.840. The van der Waals surface area contributed by atoms with Crippen LogP contribution in [0.25, 0.3) is 0 Å². The molecule has 0 aliphatic carbocycles. The van der Waals surface area contributed by atoms with Crippen LogP contribution < -0.4 is 15.5 Å². The summed E-state index contributed by atoms with van der Waals surface area (Å²) in [4.78, 5) is 26.7. The van der Waals surface area contributed by atoms with E-state index in [1.54, 1.807) is 0 Å². The molecule has 0 unspecified atom stereocenters. The van der Waals surface area contributed by atoms with Gasteiger partial charge in [-0.05, 0) is 43.2 Å². The number of hydrogen-bond acceptors (Lipinski definition) is 2. The van der Waals surface area contributed by atoms with Crippen molar-refractivity contribution in [2.45, 2.75) is 34.1 Å². The fourth-order valence-electron chi connectivity index (χ4n) is 3.00. The minimum atomic E-state index is -0.437. The molecule has 26 heavy (non-hydrogen) atoms. The summed E-state index contributed by atoms with van der Waals surface area (Å²) in [7, 11) is 0. The minimum absolute atomic E-state index is 0.0949. The molecular formula is C21H25N3O2. The number of aryl methyl sites for hydroxylation is 1. The van der Waals surface area contributed by atoms with Crippen LogP contribution in [0.2, 0.25) is 0 Å². The van der Waals surface area contributed by atoms with Gasteiger partial charge in [-0.3, -0.25) is 4.79 Å². The van der Waals surface area contributed by atoms with Gasteiger partial charge in [0, 0.05) is 29.0 Å². The largest absolute Gasteiger partial charge is 0.323 e. The molecule has 1 aliphatic rings. The molecule has 3 rings (SSSR count). The maximum absolute atomic E-state index is 12.7. The number of fused-ring (bicyclic) bond motifs is 1. The van der Waals surface area contributed by atoms with E-state index in [1.807, 2.05) is 75.1 Å². The number of rotatable bonds is 2. The molecule has 0 bridgehead atoms. The summed E-state index contributed by atoms with van der Waals surface area (Å²) in [6, 6.07) is 13.0. The molecule has 2 aromatic rings. The van der Waals surface area contributed by atoms with Crippen molar-refractivity contribution >= 4 is 29.0 Å². The molecule has 0 spiro atoms. The van der Waals surface area contributed by atoms with Crippen LogP contribution in [0, 0.1) is 12.3 Å². The van der Waals surface area contributed by atoms with Crippen LogP contribution in [0.5, 0.6) is 0 Å². The van der Waals surface area contributed by atoms with Gasteiger partial charge in [-0.15, -0.1) is 0 Å². The number of benzene rings is 2. The monoisotopic (exact) mass is 351 g/mol. The Hall–Kier alpha value is -2.82. The SMILES string of the molecule is Cc1ccc(NC(=O)Nc2ccc3c(c2)N(C(=O)C(C)(C)C)CC3)cc1. The van der Waals surface area contributed by atoms with Gasteiger partial charge in [0.05, 0.1) is 0 Å². The molecule has 5 nitrogen and oxygen atoms in total.